The SMILES string of the molecule is C[C@H](NC(=O)OCC1c2ccccc2-c2ccccc21)C(=O)N1CSCC1C(=O)O. The minimum atomic E-state index is -1.04. The lowest BCUT2D eigenvalue weighted by molar-refractivity contribution is -0.148. The lowest BCUT2D eigenvalue weighted by Crippen LogP contribution is -2.51. The summed E-state index contributed by atoms with van der Waals surface area (Å²) in [5, 5.41) is 11.8. The number of benzene rings is 2. The lowest BCUT2D eigenvalue weighted by atomic mass is 9.98. The Kier molecular flexibility index (Phi) is 5.67. The molecule has 2 aliphatic rings. The van der Waals surface area contributed by atoms with E-state index in [-0.39, 0.29) is 12.5 Å². The highest BCUT2D eigenvalue weighted by Gasteiger charge is 2.37. The second-order valence-electron chi connectivity index (χ2n) is 7.35. The molecule has 1 aliphatic carbocycles. The van der Waals surface area contributed by atoms with Gasteiger partial charge in [0, 0.05) is 11.7 Å². The maximum Gasteiger partial charge on any atom is 0.407 e. The van der Waals surface area contributed by atoms with E-state index in [0.717, 1.165) is 22.3 Å². The number of carbonyl (C=O) groups is 3. The minimum absolute atomic E-state index is 0.0690. The zero-order valence-electron chi connectivity index (χ0n) is 16.4. The predicted molar refractivity (Wildman–Crippen MR) is 113 cm³/mol. The van der Waals surface area contributed by atoms with Crippen molar-refractivity contribution in [2.24, 2.45) is 0 Å². The third-order valence-corrected chi connectivity index (χ3v) is 6.51. The summed E-state index contributed by atoms with van der Waals surface area (Å²) in [5.41, 5.74) is 4.48. The Bertz CT molecular complexity index is 949. The van der Waals surface area contributed by atoms with Gasteiger partial charge in [-0.2, -0.15) is 0 Å². The topological polar surface area (TPSA) is 95.9 Å². The Morgan fingerprint density at radius 1 is 1.13 bits per heavy atom. The molecule has 0 spiro atoms. The van der Waals surface area contributed by atoms with Gasteiger partial charge in [0.2, 0.25) is 5.91 Å². The number of carbonyl (C=O) groups excluding carboxylic acids is 2. The lowest BCUT2D eigenvalue weighted by Gasteiger charge is -2.24. The van der Waals surface area contributed by atoms with E-state index in [0.29, 0.717) is 11.6 Å². The number of hydrogen-bond donors (Lipinski definition) is 2. The molecule has 1 fully saturated rings. The van der Waals surface area contributed by atoms with Gasteiger partial charge in [-0.25, -0.2) is 9.59 Å². The van der Waals surface area contributed by atoms with Crippen molar-refractivity contribution in [1.82, 2.24) is 10.2 Å². The smallest absolute Gasteiger partial charge is 0.407 e. The first kappa shape index (κ1) is 20.3. The largest absolute Gasteiger partial charge is 0.480 e. The molecule has 1 heterocycles. The summed E-state index contributed by atoms with van der Waals surface area (Å²) in [6, 6.07) is 14.3. The number of nitrogens with one attached hydrogen (secondary N) is 1. The summed E-state index contributed by atoms with van der Waals surface area (Å²) in [5.74, 6) is -0.895. The number of alkyl carbamates (subject to hydrolysis) is 1. The van der Waals surface area contributed by atoms with Gasteiger partial charge in [0.25, 0.3) is 0 Å². The molecule has 4 rings (SSSR count). The predicted octanol–water partition coefficient (Wildman–Crippen LogP) is 2.90. The van der Waals surface area contributed by atoms with Gasteiger partial charge in [-0.15, -0.1) is 11.8 Å². The number of ether oxygens (including phenoxy) is 1. The van der Waals surface area contributed by atoms with E-state index in [2.05, 4.69) is 17.4 Å². The summed E-state index contributed by atoms with van der Waals surface area (Å²) in [7, 11) is 0. The van der Waals surface area contributed by atoms with Crippen LogP contribution < -0.4 is 5.32 Å². The molecule has 2 aromatic rings. The highest BCUT2D eigenvalue weighted by Crippen LogP contribution is 2.44. The normalized spacial score (nSPS) is 18.4. The van der Waals surface area contributed by atoms with Crippen LogP contribution in [0.3, 0.4) is 0 Å². The fraction of sp³-hybridized carbons (Fsp3) is 0.318. The van der Waals surface area contributed by atoms with Crippen molar-refractivity contribution >= 4 is 29.7 Å². The van der Waals surface area contributed by atoms with Crippen molar-refractivity contribution in [1.29, 1.82) is 0 Å². The van der Waals surface area contributed by atoms with Crippen LogP contribution in [0.1, 0.15) is 24.0 Å². The second-order valence-corrected chi connectivity index (χ2v) is 8.35. The summed E-state index contributed by atoms with van der Waals surface area (Å²) >= 11 is 1.38. The Morgan fingerprint density at radius 3 is 2.33 bits per heavy atom. The fourth-order valence-corrected chi connectivity index (χ4v) is 5.15. The van der Waals surface area contributed by atoms with E-state index in [4.69, 9.17) is 4.74 Å². The van der Waals surface area contributed by atoms with Crippen molar-refractivity contribution in [2.75, 3.05) is 18.2 Å². The van der Waals surface area contributed by atoms with Crippen molar-refractivity contribution in [3.05, 3.63) is 59.7 Å². The van der Waals surface area contributed by atoms with Gasteiger partial charge in [0.15, 0.2) is 0 Å². The highest BCUT2D eigenvalue weighted by molar-refractivity contribution is 7.99. The Labute approximate surface area is 178 Å². The second kappa shape index (κ2) is 8.39. The van der Waals surface area contributed by atoms with Crippen LogP contribution >= 0.6 is 11.8 Å². The van der Waals surface area contributed by atoms with Gasteiger partial charge >= 0.3 is 12.1 Å². The van der Waals surface area contributed by atoms with E-state index < -0.39 is 30.1 Å². The number of fused-ring (bicyclic) bond motifs is 3. The Balaban J connectivity index is 1.38. The van der Waals surface area contributed by atoms with Crippen molar-refractivity contribution in [2.45, 2.75) is 24.9 Å². The highest BCUT2D eigenvalue weighted by atomic mass is 32.2. The van der Waals surface area contributed by atoms with E-state index in [1.54, 1.807) is 0 Å². The number of hydrogen-bond acceptors (Lipinski definition) is 5. The van der Waals surface area contributed by atoms with Crippen molar-refractivity contribution < 1.29 is 24.2 Å². The molecule has 2 amide bonds. The summed E-state index contributed by atoms with van der Waals surface area (Å²) in [6.07, 6.45) is -0.698. The molecule has 1 aliphatic heterocycles. The molecule has 0 aromatic heterocycles. The van der Waals surface area contributed by atoms with E-state index in [1.807, 2.05) is 36.4 Å². The first-order valence-electron chi connectivity index (χ1n) is 9.70. The fourth-order valence-electron chi connectivity index (χ4n) is 3.99. The van der Waals surface area contributed by atoms with Gasteiger partial charge in [0.05, 0.1) is 5.88 Å². The molecule has 7 nitrogen and oxygen atoms in total. The zero-order valence-corrected chi connectivity index (χ0v) is 17.2. The summed E-state index contributed by atoms with van der Waals surface area (Å²) in [4.78, 5) is 37.5. The van der Waals surface area contributed by atoms with Gasteiger partial charge in [-0.05, 0) is 29.2 Å². The maximum atomic E-state index is 12.6. The molecule has 0 bridgehead atoms. The molecular formula is C22H22N2O5S. The molecule has 8 heteroatoms. The first-order chi connectivity index (χ1) is 14.5. The van der Waals surface area contributed by atoms with Crippen LogP contribution in [0.4, 0.5) is 4.79 Å². The molecule has 1 unspecified atom stereocenters. The van der Waals surface area contributed by atoms with Crippen LogP contribution in [0.5, 0.6) is 0 Å². The maximum absolute atomic E-state index is 12.6. The number of aliphatic carboxylic acids is 1. The van der Waals surface area contributed by atoms with Crippen LogP contribution in [-0.4, -0.2) is 58.3 Å². The molecule has 2 atom stereocenters. The number of amides is 2. The molecule has 2 N–H and O–H groups in total. The van der Waals surface area contributed by atoms with Crippen LogP contribution in [0.2, 0.25) is 0 Å². The average Bonchev–Trinajstić information content (AvgIpc) is 3.35. The zero-order chi connectivity index (χ0) is 21.3. The average molecular weight is 426 g/mol. The number of nitrogens with zero attached hydrogens (tertiary/aromatic N) is 1. The molecule has 0 saturated carbocycles. The monoisotopic (exact) mass is 426 g/mol. The third-order valence-electron chi connectivity index (χ3n) is 5.50. The van der Waals surface area contributed by atoms with Crippen LogP contribution in [0, 0.1) is 0 Å². The first-order valence-corrected chi connectivity index (χ1v) is 10.9. The number of carboxylic acid groups (broad SMARTS) is 1. The molecular weight excluding hydrogens is 404 g/mol. The van der Waals surface area contributed by atoms with Gasteiger partial charge in [-0.3, -0.25) is 4.79 Å². The molecule has 1 saturated heterocycles. The minimum Gasteiger partial charge on any atom is -0.480 e. The molecule has 30 heavy (non-hydrogen) atoms. The van der Waals surface area contributed by atoms with Crippen molar-refractivity contribution in [3.8, 4) is 11.1 Å². The summed E-state index contributed by atoms with van der Waals surface area (Å²) < 4.78 is 5.46. The van der Waals surface area contributed by atoms with Crippen molar-refractivity contribution in [3.63, 3.8) is 0 Å². The standard InChI is InChI=1S/C22H22N2O5S/c1-13(20(25)24-12-30-11-19(24)21(26)27)23-22(28)29-10-18-16-8-4-2-6-14(16)15-7-3-5-9-17(15)18/h2-9,13,18-19H,10-12H2,1H3,(H,23,28)(H,26,27)/t13-,19?/m0/s1. The van der Waals surface area contributed by atoms with E-state index >= 15 is 0 Å². The van der Waals surface area contributed by atoms with Crippen LogP contribution in [-0.2, 0) is 14.3 Å². The molecule has 0 radical (unpaired) electrons. The van der Waals surface area contributed by atoms with E-state index in [1.165, 1.54) is 23.6 Å². The molecule has 2 aromatic carbocycles. The van der Waals surface area contributed by atoms with E-state index in [9.17, 15) is 19.5 Å². The van der Waals surface area contributed by atoms with Gasteiger partial charge in [0.1, 0.15) is 18.7 Å². The number of carboxylic acids is 1. The molecule has 156 valence electrons. The quantitative estimate of drug-likeness (QED) is 0.763. The van der Waals surface area contributed by atoms with Crippen LogP contribution in [0.15, 0.2) is 48.5 Å². The van der Waals surface area contributed by atoms with Gasteiger partial charge in [-0.1, -0.05) is 48.5 Å². The Hall–Kier alpha value is -3.00. The van der Waals surface area contributed by atoms with Crippen LogP contribution in [0.25, 0.3) is 11.1 Å². The Morgan fingerprint density at radius 2 is 1.73 bits per heavy atom. The third kappa shape index (κ3) is 3.75. The summed E-state index contributed by atoms with van der Waals surface area (Å²) in [6.45, 7) is 1.68. The number of rotatable bonds is 5. The van der Waals surface area contributed by atoms with Gasteiger partial charge < -0.3 is 20.1 Å². The number of thioether (sulfide) groups is 1.